The Hall–Kier alpha value is -0.870. The molecule has 0 aromatic carbocycles. The molecule has 4 nitrogen and oxygen atoms in total. The summed E-state index contributed by atoms with van der Waals surface area (Å²) in [7, 11) is 2.16. The summed E-state index contributed by atoms with van der Waals surface area (Å²) in [5.41, 5.74) is 0.828. The fraction of sp³-hybridized carbons (Fsp3) is 0.733. The number of rotatable bonds is 4. The highest BCUT2D eigenvalue weighted by Crippen LogP contribution is 2.25. The van der Waals surface area contributed by atoms with Gasteiger partial charge in [0.05, 0.1) is 0 Å². The standard InChI is InChI=1S/C15H24ClN3O/c1-10(2)14-17-13(16)11(3)15(18-14)20-9-12-7-5-6-8-19(12)4/h10,12H,5-9H2,1-4H3. The van der Waals surface area contributed by atoms with Crippen LogP contribution in [0.3, 0.4) is 0 Å². The van der Waals surface area contributed by atoms with Crippen LogP contribution in [0.4, 0.5) is 0 Å². The molecule has 0 amide bonds. The number of hydrogen-bond donors (Lipinski definition) is 0. The molecule has 1 atom stereocenters. The third kappa shape index (κ3) is 3.61. The Morgan fingerprint density at radius 3 is 2.75 bits per heavy atom. The molecule has 1 aromatic heterocycles. The van der Waals surface area contributed by atoms with Gasteiger partial charge in [-0.25, -0.2) is 4.98 Å². The molecule has 5 heteroatoms. The average molecular weight is 298 g/mol. The monoisotopic (exact) mass is 297 g/mol. The maximum absolute atomic E-state index is 6.17. The molecule has 1 aliphatic rings. The molecule has 2 heterocycles. The number of nitrogens with zero attached hydrogens (tertiary/aromatic N) is 3. The van der Waals surface area contributed by atoms with Crippen LogP contribution in [0.15, 0.2) is 0 Å². The van der Waals surface area contributed by atoms with Crippen LogP contribution in [0, 0.1) is 6.92 Å². The molecular formula is C15H24ClN3O. The van der Waals surface area contributed by atoms with Crippen molar-refractivity contribution >= 4 is 11.6 Å². The van der Waals surface area contributed by atoms with Crippen LogP contribution in [-0.4, -0.2) is 41.1 Å². The Morgan fingerprint density at radius 1 is 1.35 bits per heavy atom. The summed E-state index contributed by atoms with van der Waals surface area (Å²) in [5, 5.41) is 0.496. The average Bonchev–Trinajstić information content (AvgIpc) is 2.41. The van der Waals surface area contributed by atoms with E-state index in [1.165, 1.54) is 19.3 Å². The zero-order chi connectivity index (χ0) is 14.7. The van der Waals surface area contributed by atoms with E-state index in [1.807, 2.05) is 6.92 Å². The van der Waals surface area contributed by atoms with Crippen molar-refractivity contribution in [1.82, 2.24) is 14.9 Å². The van der Waals surface area contributed by atoms with Crippen LogP contribution in [-0.2, 0) is 0 Å². The molecule has 0 N–H and O–H groups in total. The zero-order valence-corrected chi connectivity index (χ0v) is 13.6. The number of piperidine rings is 1. The number of aromatic nitrogens is 2. The lowest BCUT2D eigenvalue weighted by atomic mass is 10.0. The molecule has 1 fully saturated rings. The second kappa shape index (κ2) is 6.72. The van der Waals surface area contributed by atoms with Crippen molar-refractivity contribution in [2.75, 3.05) is 20.2 Å². The van der Waals surface area contributed by atoms with E-state index in [-0.39, 0.29) is 5.92 Å². The van der Waals surface area contributed by atoms with E-state index in [2.05, 4.69) is 35.8 Å². The summed E-state index contributed by atoms with van der Waals surface area (Å²) in [5.74, 6) is 1.62. The van der Waals surface area contributed by atoms with E-state index < -0.39 is 0 Å². The fourth-order valence-corrected chi connectivity index (χ4v) is 2.58. The van der Waals surface area contributed by atoms with Crippen LogP contribution in [0.5, 0.6) is 5.88 Å². The Bertz CT molecular complexity index is 465. The van der Waals surface area contributed by atoms with Crippen molar-refractivity contribution < 1.29 is 4.74 Å². The Balaban J connectivity index is 2.08. The largest absolute Gasteiger partial charge is 0.476 e. The normalized spacial score (nSPS) is 20.4. The van der Waals surface area contributed by atoms with E-state index in [0.29, 0.717) is 23.7 Å². The molecule has 0 aliphatic carbocycles. The van der Waals surface area contributed by atoms with Crippen molar-refractivity contribution in [3.8, 4) is 5.88 Å². The topological polar surface area (TPSA) is 38.3 Å². The van der Waals surface area contributed by atoms with Crippen molar-refractivity contribution in [3.05, 3.63) is 16.5 Å². The highest BCUT2D eigenvalue weighted by molar-refractivity contribution is 6.30. The molecule has 2 rings (SSSR count). The molecule has 1 saturated heterocycles. The number of halogens is 1. The van der Waals surface area contributed by atoms with Gasteiger partial charge in [0.15, 0.2) is 0 Å². The van der Waals surface area contributed by atoms with Crippen LogP contribution in [0.2, 0.25) is 5.15 Å². The van der Waals surface area contributed by atoms with Crippen molar-refractivity contribution in [3.63, 3.8) is 0 Å². The van der Waals surface area contributed by atoms with Crippen LogP contribution >= 0.6 is 11.6 Å². The minimum atomic E-state index is 0.243. The van der Waals surface area contributed by atoms with Crippen molar-refractivity contribution in [2.45, 2.75) is 52.0 Å². The van der Waals surface area contributed by atoms with Gasteiger partial charge < -0.3 is 9.64 Å². The predicted octanol–water partition coefficient (Wildman–Crippen LogP) is 3.42. The van der Waals surface area contributed by atoms with Gasteiger partial charge in [0, 0.05) is 17.5 Å². The molecule has 1 aromatic rings. The van der Waals surface area contributed by atoms with Gasteiger partial charge in [0.2, 0.25) is 5.88 Å². The molecule has 0 saturated carbocycles. The number of likely N-dealkylation sites (N-methyl/N-ethyl adjacent to an activating group) is 1. The first-order chi connectivity index (χ1) is 9.49. The number of likely N-dealkylation sites (tertiary alicyclic amines) is 1. The van der Waals surface area contributed by atoms with Gasteiger partial charge in [-0.2, -0.15) is 4.98 Å². The fourth-order valence-electron chi connectivity index (χ4n) is 2.41. The van der Waals surface area contributed by atoms with E-state index in [9.17, 15) is 0 Å². The molecule has 112 valence electrons. The van der Waals surface area contributed by atoms with Gasteiger partial charge in [-0.1, -0.05) is 31.9 Å². The molecular weight excluding hydrogens is 274 g/mol. The maximum Gasteiger partial charge on any atom is 0.221 e. The van der Waals surface area contributed by atoms with Crippen molar-refractivity contribution in [1.29, 1.82) is 0 Å². The lowest BCUT2D eigenvalue weighted by Crippen LogP contribution is -2.40. The minimum Gasteiger partial charge on any atom is -0.476 e. The highest BCUT2D eigenvalue weighted by Gasteiger charge is 2.21. The number of hydrogen-bond acceptors (Lipinski definition) is 4. The number of ether oxygens (including phenoxy) is 1. The third-order valence-corrected chi connectivity index (χ3v) is 4.28. The first-order valence-corrected chi connectivity index (χ1v) is 7.74. The minimum absolute atomic E-state index is 0.243. The summed E-state index contributed by atoms with van der Waals surface area (Å²) in [6.45, 7) is 7.84. The highest BCUT2D eigenvalue weighted by atomic mass is 35.5. The second-order valence-corrected chi connectivity index (χ2v) is 6.26. The smallest absolute Gasteiger partial charge is 0.221 e. The predicted molar refractivity (Wildman–Crippen MR) is 81.6 cm³/mol. The van der Waals surface area contributed by atoms with Crippen LogP contribution < -0.4 is 4.74 Å². The van der Waals surface area contributed by atoms with E-state index >= 15 is 0 Å². The van der Waals surface area contributed by atoms with E-state index in [4.69, 9.17) is 16.3 Å². The van der Waals surface area contributed by atoms with Crippen molar-refractivity contribution in [2.24, 2.45) is 0 Å². The second-order valence-electron chi connectivity index (χ2n) is 5.90. The Labute approximate surface area is 126 Å². The molecule has 0 bridgehead atoms. The van der Waals surface area contributed by atoms with Crippen LogP contribution in [0.1, 0.15) is 50.4 Å². The first-order valence-electron chi connectivity index (χ1n) is 7.36. The lowest BCUT2D eigenvalue weighted by Gasteiger charge is -2.32. The van der Waals surface area contributed by atoms with E-state index in [0.717, 1.165) is 17.9 Å². The Kier molecular flexibility index (Phi) is 5.22. The molecule has 0 spiro atoms. The summed E-state index contributed by atoms with van der Waals surface area (Å²) in [4.78, 5) is 11.2. The first kappa shape index (κ1) is 15.5. The molecule has 1 aliphatic heterocycles. The SMILES string of the molecule is Cc1c(Cl)nc(C(C)C)nc1OCC1CCCCN1C. The zero-order valence-electron chi connectivity index (χ0n) is 12.8. The summed E-state index contributed by atoms with van der Waals surface area (Å²) >= 11 is 6.17. The van der Waals surface area contributed by atoms with Gasteiger partial charge in [0.25, 0.3) is 0 Å². The lowest BCUT2D eigenvalue weighted by molar-refractivity contribution is 0.122. The van der Waals surface area contributed by atoms with Gasteiger partial charge in [-0.3, -0.25) is 0 Å². The molecule has 1 unspecified atom stereocenters. The Morgan fingerprint density at radius 2 is 2.10 bits per heavy atom. The molecule has 20 heavy (non-hydrogen) atoms. The maximum atomic E-state index is 6.17. The summed E-state index contributed by atoms with van der Waals surface area (Å²) in [6.07, 6.45) is 3.74. The van der Waals surface area contributed by atoms with Gasteiger partial charge in [-0.05, 0) is 33.4 Å². The van der Waals surface area contributed by atoms with Gasteiger partial charge in [-0.15, -0.1) is 0 Å². The van der Waals surface area contributed by atoms with Gasteiger partial charge in [0.1, 0.15) is 17.6 Å². The van der Waals surface area contributed by atoms with Gasteiger partial charge >= 0.3 is 0 Å². The quantitative estimate of drug-likeness (QED) is 0.798. The summed E-state index contributed by atoms with van der Waals surface area (Å²) in [6, 6.07) is 0.472. The van der Waals surface area contributed by atoms with Crippen LogP contribution in [0.25, 0.3) is 0 Å². The molecule has 0 radical (unpaired) electrons. The van der Waals surface area contributed by atoms with E-state index in [1.54, 1.807) is 0 Å². The summed E-state index contributed by atoms with van der Waals surface area (Å²) < 4.78 is 5.94. The third-order valence-electron chi connectivity index (χ3n) is 3.91.